The molecule has 0 aliphatic heterocycles. The van der Waals surface area contributed by atoms with Gasteiger partial charge in [0.2, 0.25) is 0 Å². The second-order valence-electron chi connectivity index (χ2n) is 5.55. The monoisotopic (exact) mass is 342 g/mol. The van der Waals surface area contributed by atoms with Crippen LogP contribution in [0.1, 0.15) is 10.6 Å². The Morgan fingerprint density at radius 1 is 1.21 bits per heavy atom. The number of carbonyl (C=O) groups is 1. The smallest absolute Gasteiger partial charge is 0.414 e. The van der Waals surface area contributed by atoms with Crippen molar-refractivity contribution in [3.63, 3.8) is 0 Å². The van der Waals surface area contributed by atoms with Crippen LogP contribution in [0.3, 0.4) is 0 Å². The first-order valence-corrected chi connectivity index (χ1v) is 8.31. The molecule has 0 aliphatic carbocycles. The van der Waals surface area contributed by atoms with Crippen molar-refractivity contribution < 1.29 is 14.3 Å². The molecule has 0 spiro atoms. The third-order valence-electron chi connectivity index (χ3n) is 3.41. The van der Waals surface area contributed by atoms with Gasteiger partial charge in [-0.25, -0.2) is 9.78 Å². The lowest BCUT2D eigenvalue weighted by atomic mass is 10.2. The Kier molecular flexibility index (Phi) is 4.66. The molecule has 0 fully saturated rings. The summed E-state index contributed by atoms with van der Waals surface area (Å²) in [5.74, 6) is 1.25. The fourth-order valence-corrected chi connectivity index (χ4v) is 3.02. The molecule has 0 atom stereocenters. The molecule has 0 radical (unpaired) electrons. The van der Waals surface area contributed by atoms with Crippen LogP contribution in [0.4, 0.5) is 4.79 Å². The van der Waals surface area contributed by atoms with Crippen LogP contribution >= 0.6 is 11.3 Å². The Morgan fingerprint density at radius 3 is 2.71 bits per heavy atom. The van der Waals surface area contributed by atoms with E-state index in [2.05, 4.69) is 11.1 Å². The minimum absolute atomic E-state index is 0.402. The first-order chi connectivity index (χ1) is 11.5. The average Bonchev–Trinajstić information content (AvgIpc) is 2.98. The molecule has 1 amide bonds. The van der Waals surface area contributed by atoms with Gasteiger partial charge < -0.3 is 14.4 Å². The van der Waals surface area contributed by atoms with E-state index in [-0.39, 0.29) is 0 Å². The lowest BCUT2D eigenvalue weighted by Crippen LogP contribution is -2.25. The number of ether oxygens (including phenoxy) is 2. The van der Waals surface area contributed by atoms with E-state index in [1.165, 1.54) is 4.90 Å². The molecular formula is C18H18N2O3S. The molecule has 5 nitrogen and oxygen atoms in total. The van der Waals surface area contributed by atoms with Crippen molar-refractivity contribution in [1.82, 2.24) is 9.88 Å². The van der Waals surface area contributed by atoms with Crippen LogP contribution in [-0.2, 0) is 6.61 Å². The average molecular weight is 342 g/mol. The SMILES string of the molecule is Cc1cc(OCc2nc3ccccc3s2)ccc1OC(=O)N(C)C. The predicted molar refractivity (Wildman–Crippen MR) is 94.8 cm³/mol. The number of rotatable bonds is 4. The van der Waals surface area contributed by atoms with Gasteiger partial charge in [-0.3, -0.25) is 0 Å². The van der Waals surface area contributed by atoms with Gasteiger partial charge in [-0.05, 0) is 42.8 Å². The van der Waals surface area contributed by atoms with Gasteiger partial charge in [0.15, 0.2) is 0 Å². The van der Waals surface area contributed by atoms with E-state index in [0.717, 1.165) is 26.5 Å². The van der Waals surface area contributed by atoms with Crippen molar-refractivity contribution in [2.75, 3.05) is 14.1 Å². The standard InChI is InChI=1S/C18H18N2O3S/c1-12-10-13(8-9-15(12)23-18(21)20(2)3)22-11-17-19-14-6-4-5-7-16(14)24-17/h4-10H,11H2,1-3H3. The molecule has 0 unspecified atom stereocenters. The second-order valence-corrected chi connectivity index (χ2v) is 6.67. The summed E-state index contributed by atoms with van der Waals surface area (Å²) in [6, 6.07) is 13.4. The van der Waals surface area contributed by atoms with Gasteiger partial charge in [0.25, 0.3) is 0 Å². The Hall–Kier alpha value is -2.60. The molecule has 3 rings (SSSR count). The molecule has 0 N–H and O–H groups in total. The van der Waals surface area contributed by atoms with Crippen molar-refractivity contribution >= 4 is 27.6 Å². The van der Waals surface area contributed by atoms with Crippen molar-refractivity contribution in [3.8, 4) is 11.5 Å². The Labute approximate surface area is 144 Å². The van der Waals surface area contributed by atoms with Gasteiger partial charge in [0.1, 0.15) is 23.1 Å². The zero-order chi connectivity index (χ0) is 17.1. The Balaban J connectivity index is 1.67. The molecule has 0 saturated heterocycles. The largest absolute Gasteiger partial charge is 0.486 e. The van der Waals surface area contributed by atoms with E-state index >= 15 is 0 Å². The van der Waals surface area contributed by atoms with Crippen molar-refractivity contribution in [2.45, 2.75) is 13.5 Å². The van der Waals surface area contributed by atoms with E-state index in [0.29, 0.717) is 12.4 Å². The summed E-state index contributed by atoms with van der Waals surface area (Å²) in [6.07, 6.45) is -0.402. The van der Waals surface area contributed by atoms with E-state index in [1.54, 1.807) is 37.6 Å². The number of nitrogens with zero attached hydrogens (tertiary/aromatic N) is 2. The van der Waals surface area contributed by atoms with Gasteiger partial charge >= 0.3 is 6.09 Å². The maximum absolute atomic E-state index is 11.6. The molecule has 3 aromatic rings. The maximum atomic E-state index is 11.6. The third kappa shape index (κ3) is 3.65. The highest BCUT2D eigenvalue weighted by Crippen LogP contribution is 2.26. The van der Waals surface area contributed by atoms with Gasteiger partial charge in [0.05, 0.1) is 10.2 Å². The maximum Gasteiger partial charge on any atom is 0.414 e. The summed E-state index contributed by atoms with van der Waals surface area (Å²) in [6.45, 7) is 2.29. The van der Waals surface area contributed by atoms with Crippen LogP contribution < -0.4 is 9.47 Å². The third-order valence-corrected chi connectivity index (χ3v) is 4.42. The summed E-state index contributed by atoms with van der Waals surface area (Å²) in [5, 5.41) is 0.928. The number of hydrogen-bond donors (Lipinski definition) is 0. The molecule has 0 saturated carbocycles. The number of carbonyl (C=O) groups excluding carboxylic acids is 1. The zero-order valence-electron chi connectivity index (χ0n) is 13.8. The molecular weight excluding hydrogens is 324 g/mol. The summed E-state index contributed by atoms with van der Waals surface area (Å²) < 4.78 is 12.2. The Morgan fingerprint density at radius 2 is 2.00 bits per heavy atom. The number of fused-ring (bicyclic) bond motifs is 1. The highest BCUT2D eigenvalue weighted by Gasteiger charge is 2.10. The van der Waals surface area contributed by atoms with Crippen LogP contribution in [0.2, 0.25) is 0 Å². The predicted octanol–water partition coefficient (Wildman–Crippen LogP) is 4.24. The van der Waals surface area contributed by atoms with Gasteiger partial charge in [-0.15, -0.1) is 11.3 Å². The minimum atomic E-state index is -0.402. The van der Waals surface area contributed by atoms with Crippen LogP contribution in [0.25, 0.3) is 10.2 Å². The molecule has 0 aliphatic rings. The summed E-state index contributed by atoms with van der Waals surface area (Å²) in [5.41, 5.74) is 1.83. The molecule has 1 aromatic heterocycles. The van der Waals surface area contributed by atoms with Gasteiger partial charge in [-0.2, -0.15) is 0 Å². The van der Waals surface area contributed by atoms with Crippen molar-refractivity contribution in [1.29, 1.82) is 0 Å². The fraction of sp³-hybridized carbons (Fsp3) is 0.222. The fourth-order valence-electron chi connectivity index (χ4n) is 2.14. The van der Waals surface area contributed by atoms with E-state index in [1.807, 2.05) is 31.2 Å². The quantitative estimate of drug-likeness (QED) is 0.711. The lowest BCUT2D eigenvalue weighted by Gasteiger charge is -2.13. The number of amides is 1. The van der Waals surface area contributed by atoms with E-state index < -0.39 is 6.09 Å². The van der Waals surface area contributed by atoms with Gasteiger partial charge in [0, 0.05) is 14.1 Å². The van der Waals surface area contributed by atoms with Crippen molar-refractivity contribution in [3.05, 3.63) is 53.0 Å². The summed E-state index contributed by atoms with van der Waals surface area (Å²) in [4.78, 5) is 17.5. The number of para-hydroxylation sites is 1. The summed E-state index contributed by atoms with van der Waals surface area (Å²) >= 11 is 1.62. The topological polar surface area (TPSA) is 51.7 Å². The first kappa shape index (κ1) is 16.3. The normalized spacial score (nSPS) is 10.6. The van der Waals surface area contributed by atoms with Gasteiger partial charge in [-0.1, -0.05) is 12.1 Å². The zero-order valence-corrected chi connectivity index (χ0v) is 14.6. The number of thiazole rings is 1. The second kappa shape index (κ2) is 6.88. The summed E-state index contributed by atoms with van der Waals surface area (Å²) in [7, 11) is 3.29. The Bertz CT molecular complexity index is 841. The van der Waals surface area contributed by atoms with Crippen LogP contribution in [0.15, 0.2) is 42.5 Å². The first-order valence-electron chi connectivity index (χ1n) is 7.50. The number of benzene rings is 2. The van der Waals surface area contributed by atoms with Crippen LogP contribution in [-0.4, -0.2) is 30.1 Å². The highest BCUT2D eigenvalue weighted by molar-refractivity contribution is 7.18. The molecule has 1 heterocycles. The van der Waals surface area contributed by atoms with E-state index in [4.69, 9.17) is 9.47 Å². The lowest BCUT2D eigenvalue weighted by molar-refractivity contribution is 0.171. The molecule has 6 heteroatoms. The number of hydrogen-bond acceptors (Lipinski definition) is 5. The number of aryl methyl sites for hydroxylation is 1. The molecule has 24 heavy (non-hydrogen) atoms. The minimum Gasteiger partial charge on any atom is -0.486 e. The molecule has 2 aromatic carbocycles. The molecule has 0 bridgehead atoms. The van der Waals surface area contributed by atoms with Crippen molar-refractivity contribution in [2.24, 2.45) is 0 Å². The van der Waals surface area contributed by atoms with Crippen LogP contribution in [0.5, 0.6) is 11.5 Å². The molecule has 124 valence electrons. The van der Waals surface area contributed by atoms with E-state index in [9.17, 15) is 4.79 Å². The highest BCUT2D eigenvalue weighted by atomic mass is 32.1. The number of aromatic nitrogens is 1. The van der Waals surface area contributed by atoms with Crippen LogP contribution in [0, 0.1) is 6.92 Å².